The van der Waals surface area contributed by atoms with Crippen molar-refractivity contribution in [2.45, 2.75) is 19.4 Å². The first-order chi connectivity index (χ1) is 13.8. The van der Waals surface area contributed by atoms with Crippen LogP contribution >= 0.6 is 11.6 Å². The maximum atomic E-state index is 12.5. The molecule has 1 atom stereocenters. The van der Waals surface area contributed by atoms with Crippen molar-refractivity contribution in [3.63, 3.8) is 0 Å². The molecule has 1 aliphatic rings. The fourth-order valence-electron chi connectivity index (χ4n) is 3.45. The van der Waals surface area contributed by atoms with Crippen LogP contribution in [0.2, 0.25) is 5.15 Å². The summed E-state index contributed by atoms with van der Waals surface area (Å²) in [6.07, 6.45) is 1.56. The third-order valence-electron chi connectivity index (χ3n) is 4.96. The van der Waals surface area contributed by atoms with Crippen LogP contribution in [0.1, 0.15) is 29.2 Å². The summed E-state index contributed by atoms with van der Waals surface area (Å²) in [5, 5.41) is 5.51. The number of methoxy groups -OCH3 is 1. The molecule has 3 aromatic rings. The van der Waals surface area contributed by atoms with Crippen LogP contribution in [0.5, 0.6) is 5.75 Å². The Kier molecular flexibility index (Phi) is 4.96. The highest BCUT2D eigenvalue weighted by atomic mass is 35.5. The lowest BCUT2D eigenvalue weighted by atomic mass is 9.98. The van der Waals surface area contributed by atoms with E-state index in [4.69, 9.17) is 16.3 Å². The second-order valence-electron chi connectivity index (χ2n) is 7.10. The smallest absolute Gasteiger partial charge is 0.247 e. The lowest BCUT2D eigenvalue weighted by molar-refractivity contribution is 0.374. The zero-order chi connectivity index (χ0) is 20.8. The van der Waals surface area contributed by atoms with E-state index in [1.807, 2.05) is 55.5 Å². The number of halogens is 1. The van der Waals surface area contributed by atoms with Crippen molar-refractivity contribution in [2.75, 3.05) is 13.4 Å². The number of pyridine rings is 1. The molecule has 2 aromatic carbocycles. The average Bonchev–Trinajstić information content (AvgIpc) is 3.13. The van der Waals surface area contributed by atoms with Gasteiger partial charge < -0.3 is 4.74 Å². The van der Waals surface area contributed by atoms with Crippen LogP contribution in [0, 0.1) is 6.92 Å². The second-order valence-corrected chi connectivity index (χ2v) is 9.29. The molecule has 1 aromatic heterocycles. The molecule has 0 N–H and O–H groups in total. The summed E-state index contributed by atoms with van der Waals surface area (Å²) in [7, 11) is -2.00. The van der Waals surface area contributed by atoms with E-state index in [1.165, 1.54) is 0 Å². The molecule has 150 valence electrons. The van der Waals surface area contributed by atoms with Crippen molar-refractivity contribution in [3.05, 3.63) is 70.4 Å². The Morgan fingerprint density at radius 2 is 1.86 bits per heavy atom. The molecule has 0 fully saturated rings. The highest BCUT2D eigenvalue weighted by Gasteiger charge is 2.36. The SMILES string of the molecule is COc1ccc2nc(Cl)c([C@H]3CC(c4ccc(C)cc4)=NN3S(C)(=O)=O)cc2c1. The van der Waals surface area contributed by atoms with Crippen LogP contribution in [0.4, 0.5) is 0 Å². The fourth-order valence-corrected chi connectivity index (χ4v) is 4.62. The molecule has 0 aliphatic carbocycles. The molecule has 0 saturated heterocycles. The van der Waals surface area contributed by atoms with E-state index in [-0.39, 0.29) is 5.15 Å². The van der Waals surface area contributed by atoms with Gasteiger partial charge in [0.2, 0.25) is 10.0 Å². The van der Waals surface area contributed by atoms with E-state index in [0.717, 1.165) is 27.2 Å². The molecule has 0 unspecified atom stereocenters. The van der Waals surface area contributed by atoms with E-state index in [1.54, 1.807) is 7.11 Å². The van der Waals surface area contributed by atoms with Crippen molar-refractivity contribution < 1.29 is 13.2 Å². The topological polar surface area (TPSA) is 71.9 Å². The Morgan fingerprint density at radius 3 is 2.52 bits per heavy atom. The van der Waals surface area contributed by atoms with E-state index < -0.39 is 16.1 Å². The highest BCUT2D eigenvalue weighted by Crippen LogP contribution is 2.38. The van der Waals surface area contributed by atoms with Crippen LogP contribution in [0.3, 0.4) is 0 Å². The Morgan fingerprint density at radius 1 is 1.14 bits per heavy atom. The number of hydrazone groups is 1. The Bertz CT molecular complexity index is 1220. The molecule has 0 amide bonds. The van der Waals surface area contributed by atoms with Gasteiger partial charge in [-0.25, -0.2) is 13.4 Å². The van der Waals surface area contributed by atoms with E-state index in [9.17, 15) is 8.42 Å². The molecular formula is C21H20ClN3O3S. The molecule has 0 spiro atoms. The normalized spacial score (nSPS) is 16.9. The van der Waals surface area contributed by atoms with Gasteiger partial charge in [0.25, 0.3) is 0 Å². The number of hydrogen-bond acceptors (Lipinski definition) is 5. The van der Waals surface area contributed by atoms with Crippen LogP contribution in [0.25, 0.3) is 10.9 Å². The third kappa shape index (κ3) is 3.80. The number of hydrogen-bond donors (Lipinski definition) is 0. The maximum absolute atomic E-state index is 12.5. The fraction of sp³-hybridized carbons (Fsp3) is 0.238. The predicted octanol–water partition coefficient (Wildman–Crippen LogP) is 4.32. The first kappa shape index (κ1) is 19.7. The summed E-state index contributed by atoms with van der Waals surface area (Å²) < 4.78 is 31.3. The number of rotatable bonds is 4. The van der Waals surface area contributed by atoms with Gasteiger partial charge in [-0.2, -0.15) is 9.52 Å². The number of sulfonamides is 1. The number of aromatic nitrogens is 1. The minimum atomic E-state index is -3.60. The van der Waals surface area contributed by atoms with Gasteiger partial charge in [0.05, 0.1) is 30.6 Å². The van der Waals surface area contributed by atoms with Gasteiger partial charge in [-0.15, -0.1) is 0 Å². The first-order valence-corrected chi connectivity index (χ1v) is 11.3. The van der Waals surface area contributed by atoms with Gasteiger partial charge in [0.1, 0.15) is 10.9 Å². The quantitative estimate of drug-likeness (QED) is 0.579. The van der Waals surface area contributed by atoms with Crippen molar-refractivity contribution in [1.82, 2.24) is 9.40 Å². The lowest BCUT2D eigenvalue weighted by Gasteiger charge is -2.22. The van der Waals surface area contributed by atoms with Gasteiger partial charge in [0.15, 0.2) is 0 Å². The second kappa shape index (κ2) is 7.31. The van der Waals surface area contributed by atoms with Crippen molar-refractivity contribution in [3.8, 4) is 5.75 Å². The molecule has 6 nitrogen and oxygen atoms in total. The Labute approximate surface area is 174 Å². The molecule has 8 heteroatoms. The molecule has 0 bridgehead atoms. The monoisotopic (exact) mass is 429 g/mol. The van der Waals surface area contributed by atoms with Gasteiger partial charge in [-0.1, -0.05) is 41.4 Å². The molecule has 0 radical (unpaired) electrons. The lowest BCUT2D eigenvalue weighted by Crippen LogP contribution is -2.26. The first-order valence-electron chi connectivity index (χ1n) is 9.04. The Balaban J connectivity index is 1.80. The van der Waals surface area contributed by atoms with Gasteiger partial charge in [-0.3, -0.25) is 0 Å². The number of nitrogens with zero attached hydrogens (tertiary/aromatic N) is 3. The van der Waals surface area contributed by atoms with Crippen LogP contribution < -0.4 is 4.74 Å². The van der Waals surface area contributed by atoms with E-state index >= 15 is 0 Å². The largest absolute Gasteiger partial charge is 0.497 e. The summed E-state index contributed by atoms with van der Waals surface area (Å²) in [5.74, 6) is 0.690. The van der Waals surface area contributed by atoms with E-state index in [2.05, 4.69) is 10.1 Å². The highest BCUT2D eigenvalue weighted by molar-refractivity contribution is 7.88. The number of ether oxygens (including phenoxy) is 1. The average molecular weight is 430 g/mol. The molecule has 2 heterocycles. The summed E-state index contributed by atoms with van der Waals surface area (Å²) in [6.45, 7) is 2.00. The van der Waals surface area contributed by atoms with Crippen molar-refractivity contribution in [1.29, 1.82) is 0 Å². The minimum Gasteiger partial charge on any atom is -0.497 e. The zero-order valence-electron chi connectivity index (χ0n) is 16.3. The summed E-state index contributed by atoms with van der Waals surface area (Å²) in [5.41, 5.74) is 4.03. The summed E-state index contributed by atoms with van der Waals surface area (Å²) in [6, 6.07) is 14.6. The Hall–Kier alpha value is -2.64. The van der Waals surface area contributed by atoms with Crippen LogP contribution in [-0.4, -0.2) is 36.9 Å². The number of fused-ring (bicyclic) bond motifs is 1. The molecule has 1 aliphatic heterocycles. The summed E-state index contributed by atoms with van der Waals surface area (Å²) in [4.78, 5) is 4.46. The van der Waals surface area contributed by atoms with Gasteiger partial charge in [0, 0.05) is 17.4 Å². The predicted molar refractivity (Wildman–Crippen MR) is 115 cm³/mol. The molecule has 29 heavy (non-hydrogen) atoms. The van der Waals surface area contributed by atoms with Crippen molar-refractivity contribution in [2.24, 2.45) is 5.10 Å². The molecule has 4 rings (SSSR count). The molecule has 0 saturated carbocycles. The number of aryl methyl sites for hydroxylation is 1. The minimum absolute atomic E-state index is 0.265. The van der Waals surface area contributed by atoms with Crippen molar-refractivity contribution >= 4 is 38.2 Å². The van der Waals surface area contributed by atoms with Gasteiger partial charge >= 0.3 is 0 Å². The number of benzene rings is 2. The van der Waals surface area contributed by atoms with Crippen LogP contribution in [0.15, 0.2) is 53.6 Å². The standard InChI is InChI=1S/C21H20ClN3O3S/c1-13-4-6-14(7-5-13)19-12-20(25(24-19)29(3,26)27)17-11-15-10-16(28-2)8-9-18(15)23-21(17)22/h4-11,20H,12H2,1-3H3/t20-/m1/s1. The maximum Gasteiger partial charge on any atom is 0.247 e. The zero-order valence-corrected chi connectivity index (χ0v) is 17.8. The van der Waals surface area contributed by atoms with Crippen LogP contribution in [-0.2, 0) is 10.0 Å². The molecular weight excluding hydrogens is 410 g/mol. The third-order valence-corrected chi connectivity index (χ3v) is 6.28. The van der Waals surface area contributed by atoms with E-state index in [0.29, 0.717) is 29.0 Å². The van der Waals surface area contributed by atoms with Gasteiger partial charge in [-0.05, 0) is 36.8 Å². The summed E-state index contributed by atoms with van der Waals surface area (Å²) >= 11 is 6.47.